The van der Waals surface area contributed by atoms with Gasteiger partial charge in [-0.25, -0.2) is 9.37 Å². The van der Waals surface area contributed by atoms with E-state index >= 15 is 0 Å². The van der Waals surface area contributed by atoms with Crippen molar-refractivity contribution in [3.8, 4) is 5.82 Å². The van der Waals surface area contributed by atoms with Gasteiger partial charge < -0.3 is 20.1 Å². The van der Waals surface area contributed by atoms with Crippen LogP contribution < -0.4 is 10.6 Å². The van der Waals surface area contributed by atoms with E-state index in [-0.39, 0.29) is 35.6 Å². The Morgan fingerprint density at radius 1 is 1.05 bits per heavy atom. The summed E-state index contributed by atoms with van der Waals surface area (Å²) in [6, 6.07) is 9.66. The molecule has 1 saturated carbocycles. The second-order valence-electron chi connectivity index (χ2n) is 10.4. The summed E-state index contributed by atoms with van der Waals surface area (Å²) >= 11 is 0. The molecule has 0 spiro atoms. The van der Waals surface area contributed by atoms with E-state index in [9.17, 15) is 14.0 Å². The fourth-order valence-electron chi connectivity index (χ4n) is 5.90. The first kappa shape index (κ1) is 25.4. The molecule has 3 heterocycles. The number of benzene rings is 1. The van der Waals surface area contributed by atoms with Gasteiger partial charge in [0.15, 0.2) is 0 Å². The molecule has 2 amide bonds. The van der Waals surface area contributed by atoms with Crippen molar-refractivity contribution in [1.82, 2.24) is 25.1 Å². The smallest absolute Gasteiger partial charge is 0.245 e. The third-order valence-electron chi connectivity index (χ3n) is 8.10. The number of likely N-dealkylation sites (N-methyl/N-ethyl adjacent to an activating group) is 1. The van der Waals surface area contributed by atoms with Crippen LogP contribution >= 0.6 is 0 Å². The van der Waals surface area contributed by atoms with E-state index in [0.29, 0.717) is 6.54 Å². The van der Waals surface area contributed by atoms with Crippen molar-refractivity contribution < 1.29 is 14.0 Å². The molecule has 7 nitrogen and oxygen atoms in total. The summed E-state index contributed by atoms with van der Waals surface area (Å²) in [6.45, 7) is 2.49. The first-order valence-electron chi connectivity index (χ1n) is 13.5. The molecular formula is C29H36FN5O2. The summed E-state index contributed by atoms with van der Waals surface area (Å²) in [6.07, 6.45) is 10.7. The lowest BCUT2D eigenvalue weighted by Crippen LogP contribution is -2.55. The average molecular weight is 506 g/mol. The van der Waals surface area contributed by atoms with Gasteiger partial charge in [0.2, 0.25) is 11.8 Å². The Kier molecular flexibility index (Phi) is 7.55. The number of amides is 2. The lowest BCUT2D eigenvalue weighted by atomic mass is 9.83. The molecule has 2 N–H and O–H groups in total. The van der Waals surface area contributed by atoms with E-state index < -0.39 is 6.04 Å². The molecule has 1 aliphatic carbocycles. The molecule has 1 saturated heterocycles. The predicted octanol–water partition coefficient (Wildman–Crippen LogP) is 4.50. The zero-order valence-electron chi connectivity index (χ0n) is 21.6. The second kappa shape index (κ2) is 11.0. The Morgan fingerprint density at radius 2 is 1.86 bits per heavy atom. The minimum Gasteiger partial charge on any atom is -0.343 e. The molecule has 1 aliphatic heterocycles. The van der Waals surface area contributed by atoms with Crippen molar-refractivity contribution in [3.63, 3.8) is 0 Å². The number of nitrogens with zero attached hydrogens (tertiary/aromatic N) is 3. The van der Waals surface area contributed by atoms with E-state index in [2.05, 4.69) is 15.6 Å². The van der Waals surface area contributed by atoms with Gasteiger partial charge in [0, 0.05) is 24.3 Å². The molecule has 1 aromatic carbocycles. The number of halogens is 1. The molecule has 2 aromatic heterocycles. The quantitative estimate of drug-likeness (QED) is 0.496. The fraction of sp³-hybridized carbons (Fsp3) is 0.483. The molecule has 37 heavy (non-hydrogen) atoms. The van der Waals surface area contributed by atoms with Gasteiger partial charge in [-0.2, -0.15) is 0 Å². The highest BCUT2D eigenvalue weighted by Gasteiger charge is 2.39. The van der Waals surface area contributed by atoms with Gasteiger partial charge >= 0.3 is 0 Å². The van der Waals surface area contributed by atoms with Crippen molar-refractivity contribution in [3.05, 3.63) is 60.2 Å². The van der Waals surface area contributed by atoms with Crippen LogP contribution in [0.4, 0.5) is 4.39 Å². The van der Waals surface area contributed by atoms with Crippen LogP contribution in [0.15, 0.2) is 48.8 Å². The van der Waals surface area contributed by atoms with Crippen LogP contribution in [0.2, 0.25) is 0 Å². The number of carbonyl (C=O) groups is 2. The van der Waals surface area contributed by atoms with E-state index in [4.69, 9.17) is 0 Å². The van der Waals surface area contributed by atoms with Gasteiger partial charge in [-0.15, -0.1) is 0 Å². The third-order valence-corrected chi connectivity index (χ3v) is 8.10. The normalized spacial score (nSPS) is 20.2. The molecule has 8 heteroatoms. The standard InChI is InChI=1S/C29H36FN5O2/c1-19(31-2)28(36)33-27(20-7-4-3-5-8-20)29(37)35-15-6-9-24(35)21-12-14-32-26(18-21)34-16-13-22-17-23(30)10-11-25(22)34/h10-14,16-20,24,27,31H,3-9,15H2,1-2H3,(H,33,36)/t19?,24-,27-/m0/s1. The number of fused-ring (bicyclic) bond motifs is 1. The number of carbonyl (C=O) groups excluding carboxylic acids is 2. The SMILES string of the molecule is CNC(C)C(=O)N[C@H](C(=O)N1CCC[C@H]1c1ccnc(-n2ccc3cc(F)ccc32)c1)C1CCCCC1. The predicted molar refractivity (Wildman–Crippen MR) is 142 cm³/mol. The molecule has 2 fully saturated rings. The number of aromatic nitrogens is 2. The van der Waals surface area contributed by atoms with Crippen molar-refractivity contribution >= 4 is 22.7 Å². The Labute approximate surface area is 217 Å². The van der Waals surface area contributed by atoms with Gasteiger partial charge in [0.05, 0.1) is 17.6 Å². The molecule has 0 bridgehead atoms. The summed E-state index contributed by atoms with van der Waals surface area (Å²) in [5, 5.41) is 6.90. The lowest BCUT2D eigenvalue weighted by molar-refractivity contribution is -0.139. The molecular weight excluding hydrogens is 469 g/mol. The Bertz CT molecular complexity index is 1270. The van der Waals surface area contributed by atoms with Crippen LogP contribution in [0, 0.1) is 11.7 Å². The molecule has 2 aliphatic rings. The maximum atomic E-state index is 14.0. The van der Waals surface area contributed by atoms with Crippen molar-refractivity contribution in [1.29, 1.82) is 0 Å². The van der Waals surface area contributed by atoms with E-state index in [1.807, 2.05) is 40.8 Å². The van der Waals surface area contributed by atoms with Gasteiger partial charge in [-0.3, -0.25) is 9.59 Å². The number of pyridine rings is 1. The van der Waals surface area contributed by atoms with Gasteiger partial charge in [0.1, 0.15) is 17.7 Å². The number of likely N-dealkylation sites (tertiary alicyclic amines) is 1. The van der Waals surface area contributed by atoms with Crippen molar-refractivity contribution in [2.45, 2.75) is 70.0 Å². The summed E-state index contributed by atoms with van der Waals surface area (Å²) in [5.41, 5.74) is 1.90. The molecule has 0 radical (unpaired) electrons. The van der Waals surface area contributed by atoms with Gasteiger partial charge in [-0.1, -0.05) is 19.3 Å². The molecule has 196 valence electrons. The van der Waals surface area contributed by atoms with Crippen LogP contribution in [0.5, 0.6) is 0 Å². The zero-order valence-corrected chi connectivity index (χ0v) is 21.6. The minimum atomic E-state index is -0.506. The second-order valence-corrected chi connectivity index (χ2v) is 10.4. The molecule has 5 rings (SSSR count). The lowest BCUT2D eigenvalue weighted by Gasteiger charge is -2.35. The monoisotopic (exact) mass is 505 g/mol. The highest BCUT2D eigenvalue weighted by atomic mass is 19.1. The van der Waals surface area contributed by atoms with E-state index in [1.54, 1.807) is 19.3 Å². The first-order valence-corrected chi connectivity index (χ1v) is 13.5. The summed E-state index contributed by atoms with van der Waals surface area (Å²) in [4.78, 5) is 33.4. The first-order chi connectivity index (χ1) is 18.0. The molecule has 1 unspecified atom stereocenters. The fourth-order valence-corrected chi connectivity index (χ4v) is 5.90. The highest BCUT2D eigenvalue weighted by Crippen LogP contribution is 2.35. The summed E-state index contributed by atoms with van der Waals surface area (Å²) in [7, 11) is 1.75. The summed E-state index contributed by atoms with van der Waals surface area (Å²) in [5.74, 6) is 0.514. The highest BCUT2D eigenvalue weighted by molar-refractivity contribution is 5.90. The third kappa shape index (κ3) is 5.25. The van der Waals surface area contributed by atoms with E-state index in [0.717, 1.165) is 60.8 Å². The maximum absolute atomic E-state index is 14.0. The van der Waals surface area contributed by atoms with Crippen LogP contribution in [-0.2, 0) is 9.59 Å². The van der Waals surface area contributed by atoms with E-state index in [1.165, 1.54) is 18.6 Å². The topological polar surface area (TPSA) is 79.3 Å². The van der Waals surface area contributed by atoms with Gasteiger partial charge in [-0.05, 0) is 87.5 Å². The Morgan fingerprint density at radius 3 is 2.65 bits per heavy atom. The van der Waals surface area contributed by atoms with Crippen LogP contribution in [0.1, 0.15) is 63.5 Å². The van der Waals surface area contributed by atoms with Crippen LogP contribution in [0.25, 0.3) is 16.7 Å². The summed E-state index contributed by atoms with van der Waals surface area (Å²) < 4.78 is 15.6. The largest absolute Gasteiger partial charge is 0.343 e. The van der Waals surface area contributed by atoms with Crippen molar-refractivity contribution in [2.75, 3.05) is 13.6 Å². The van der Waals surface area contributed by atoms with Crippen LogP contribution in [0.3, 0.4) is 0 Å². The number of nitrogens with one attached hydrogen (secondary N) is 2. The minimum absolute atomic E-state index is 0.0197. The zero-order chi connectivity index (χ0) is 25.9. The number of hydrogen-bond donors (Lipinski definition) is 2. The van der Waals surface area contributed by atoms with Crippen LogP contribution in [-0.4, -0.2) is 51.9 Å². The van der Waals surface area contributed by atoms with Crippen molar-refractivity contribution in [2.24, 2.45) is 5.92 Å². The number of rotatable bonds is 7. The van der Waals surface area contributed by atoms with Gasteiger partial charge in [0.25, 0.3) is 0 Å². The maximum Gasteiger partial charge on any atom is 0.245 e. The number of hydrogen-bond acceptors (Lipinski definition) is 4. The average Bonchev–Trinajstić information content (AvgIpc) is 3.58. The Balaban J connectivity index is 1.42. The molecule has 3 aromatic rings. The molecule has 3 atom stereocenters. The Hall–Kier alpha value is -3.26.